The van der Waals surface area contributed by atoms with E-state index in [1.807, 2.05) is 65.2 Å². The fraction of sp³-hybridized carbons (Fsp3) is 0.487. The Hall–Kier alpha value is -3.88. The number of nitrogens with zero attached hydrogens (tertiary/aromatic N) is 5. The molecule has 0 aliphatic carbocycles. The molecule has 0 saturated carbocycles. The summed E-state index contributed by atoms with van der Waals surface area (Å²) in [6, 6.07) is 14.3. The minimum Gasteiger partial charge on any atom is -0.339 e. The van der Waals surface area contributed by atoms with E-state index in [0.717, 1.165) is 96.8 Å². The van der Waals surface area contributed by atoms with Crippen LogP contribution >= 0.6 is 23.5 Å². The quantitative estimate of drug-likeness (QED) is 0.172. The largest absolute Gasteiger partial charge is 0.339 e. The van der Waals surface area contributed by atoms with Crippen molar-refractivity contribution < 1.29 is 9.59 Å². The standard InChI is InChI=1S/C39H49N7O2S2/c1-8-21-44(5)37(48)46-23-10-19-38(46,49-6)35-40-25-33(43-35)30-16-13-28(14-17-30)11-12-29-15-18-31-32(24-29)42-36(41-31)39(50-7)20-9-22-45(39)34(47)27(4)26(2)3/h13-18,24-27H,8-10,19-23H2,1-7H3,(H,40,43)(H,41,42). The number of likely N-dealkylation sites (tertiary alicyclic amines) is 2. The summed E-state index contributed by atoms with van der Waals surface area (Å²) in [7, 11) is 1.88. The van der Waals surface area contributed by atoms with Crippen LogP contribution < -0.4 is 0 Å². The van der Waals surface area contributed by atoms with Gasteiger partial charge >= 0.3 is 6.03 Å². The smallest absolute Gasteiger partial charge is 0.321 e. The summed E-state index contributed by atoms with van der Waals surface area (Å²) in [4.78, 5) is 48.6. The number of aromatic nitrogens is 4. The van der Waals surface area contributed by atoms with Crippen LogP contribution in [0.1, 0.15) is 82.6 Å². The minimum atomic E-state index is -0.504. The first-order valence-corrected chi connectivity index (χ1v) is 20.1. The Morgan fingerprint density at radius 3 is 2.22 bits per heavy atom. The molecule has 0 spiro atoms. The topological polar surface area (TPSA) is 101 Å². The Morgan fingerprint density at radius 2 is 1.56 bits per heavy atom. The molecule has 3 atom stereocenters. The van der Waals surface area contributed by atoms with Crippen LogP contribution in [0.25, 0.3) is 22.3 Å². The minimum absolute atomic E-state index is 0.0402. The highest BCUT2D eigenvalue weighted by Gasteiger charge is 2.49. The van der Waals surface area contributed by atoms with E-state index in [4.69, 9.17) is 9.97 Å². The van der Waals surface area contributed by atoms with Gasteiger partial charge in [-0.05, 0) is 86.4 Å². The number of hydrogen-bond donors (Lipinski definition) is 2. The Balaban J connectivity index is 1.19. The Labute approximate surface area is 304 Å². The molecule has 2 aliphatic heterocycles. The maximum Gasteiger partial charge on any atom is 0.321 e. The second-order valence-electron chi connectivity index (χ2n) is 13.9. The fourth-order valence-corrected chi connectivity index (χ4v) is 9.29. The van der Waals surface area contributed by atoms with E-state index in [1.165, 1.54) is 0 Å². The lowest BCUT2D eigenvalue weighted by atomic mass is 9.96. The number of imidazole rings is 2. The second-order valence-corrected chi connectivity index (χ2v) is 16.0. The molecule has 2 aliphatic rings. The first-order chi connectivity index (χ1) is 24.1. The summed E-state index contributed by atoms with van der Waals surface area (Å²) < 4.78 is 0. The highest BCUT2D eigenvalue weighted by Crippen LogP contribution is 2.48. The van der Waals surface area contributed by atoms with Crippen LogP contribution in [0.15, 0.2) is 48.7 Å². The first kappa shape index (κ1) is 35.9. The highest BCUT2D eigenvalue weighted by atomic mass is 32.2. The van der Waals surface area contributed by atoms with Gasteiger partial charge in [-0.25, -0.2) is 14.8 Å². The van der Waals surface area contributed by atoms with Crippen LogP contribution in [0.4, 0.5) is 4.79 Å². The lowest BCUT2D eigenvalue weighted by Crippen LogP contribution is -2.49. The number of nitrogens with one attached hydrogen (secondary N) is 2. The molecule has 264 valence electrons. The van der Waals surface area contributed by atoms with E-state index in [0.29, 0.717) is 0 Å². The summed E-state index contributed by atoms with van der Waals surface area (Å²) >= 11 is 3.37. The SMILES string of the molecule is CCCN(C)C(=O)N1CCCC1(SC)c1ncc(-c2ccc(C#Cc3ccc4nc(C5(SC)CCCN5C(=O)C(C)C(C)C)[nH]c4c3)cc2)[nH]1. The third-order valence-electron chi connectivity index (χ3n) is 10.5. The van der Waals surface area contributed by atoms with Gasteiger partial charge in [0.25, 0.3) is 0 Å². The number of urea groups is 1. The van der Waals surface area contributed by atoms with E-state index in [9.17, 15) is 9.59 Å². The molecule has 3 amide bonds. The average Bonchev–Trinajstić information content (AvgIpc) is 3.95. The van der Waals surface area contributed by atoms with Crippen LogP contribution in [-0.2, 0) is 14.5 Å². The fourth-order valence-electron chi connectivity index (χ4n) is 7.22. The van der Waals surface area contributed by atoms with E-state index in [-0.39, 0.29) is 23.8 Å². The number of aromatic amines is 2. The van der Waals surface area contributed by atoms with Gasteiger partial charge in [-0.1, -0.05) is 51.7 Å². The van der Waals surface area contributed by atoms with E-state index >= 15 is 0 Å². The summed E-state index contributed by atoms with van der Waals surface area (Å²) in [5.41, 5.74) is 5.53. The van der Waals surface area contributed by atoms with Crippen molar-refractivity contribution in [3.05, 3.63) is 71.4 Å². The third-order valence-corrected chi connectivity index (χ3v) is 13.0. The summed E-state index contributed by atoms with van der Waals surface area (Å²) in [6.45, 7) is 10.5. The molecule has 0 bridgehead atoms. The van der Waals surface area contributed by atoms with Gasteiger partial charge in [0, 0.05) is 43.7 Å². The summed E-state index contributed by atoms with van der Waals surface area (Å²) in [5, 5.41) is 0. The van der Waals surface area contributed by atoms with Crippen molar-refractivity contribution in [3.63, 3.8) is 0 Å². The predicted octanol–water partition coefficient (Wildman–Crippen LogP) is 7.86. The molecule has 2 aromatic carbocycles. The zero-order valence-electron chi connectivity index (χ0n) is 30.3. The Morgan fingerprint density at radius 1 is 0.920 bits per heavy atom. The number of benzene rings is 2. The van der Waals surface area contributed by atoms with Gasteiger partial charge < -0.3 is 24.7 Å². The number of fused-ring (bicyclic) bond motifs is 1. The van der Waals surface area contributed by atoms with Gasteiger partial charge in [-0.3, -0.25) is 4.79 Å². The number of rotatable bonds is 9. The number of carbonyl (C=O) groups excluding carboxylic acids is 2. The second kappa shape index (κ2) is 14.8. The number of thioether (sulfide) groups is 2. The molecule has 4 heterocycles. The molecule has 2 saturated heterocycles. The van der Waals surface area contributed by atoms with Crippen molar-refractivity contribution >= 4 is 46.5 Å². The molecule has 9 nitrogen and oxygen atoms in total. The number of hydrogen-bond acceptors (Lipinski definition) is 6. The van der Waals surface area contributed by atoms with Crippen LogP contribution in [0.2, 0.25) is 0 Å². The van der Waals surface area contributed by atoms with Gasteiger partial charge in [0.2, 0.25) is 5.91 Å². The van der Waals surface area contributed by atoms with Crippen LogP contribution in [0.3, 0.4) is 0 Å². The number of carbonyl (C=O) groups is 2. The lowest BCUT2D eigenvalue weighted by Gasteiger charge is -2.37. The van der Waals surface area contributed by atoms with E-state index in [1.54, 1.807) is 23.5 Å². The molecular weight excluding hydrogens is 663 g/mol. The summed E-state index contributed by atoms with van der Waals surface area (Å²) in [6.07, 6.45) is 10.6. The lowest BCUT2D eigenvalue weighted by molar-refractivity contribution is -0.138. The zero-order valence-corrected chi connectivity index (χ0v) is 31.9. The number of amides is 3. The van der Waals surface area contributed by atoms with Crippen molar-refractivity contribution in [3.8, 4) is 23.1 Å². The van der Waals surface area contributed by atoms with Crippen molar-refractivity contribution in [1.82, 2.24) is 34.6 Å². The molecule has 11 heteroatoms. The van der Waals surface area contributed by atoms with E-state index in [2.05, 4.69) is 67.2 Å². The van der Waals surface area contributed by atoms with Gasteiger partial charge in [0.1, 0.15) is 21.4 Å². The van der Waals surface area contributed by atoms with Crippen molar-refractivity contribution in [1.29, 1.82) is 0 Å². The highest BCUT2D eigenvalue weighted by molar-refractivity contribution is 7.99. The van der Waals surface area contributed by atoms with Gasteiger partial charge in [-0.15, -0.1) is 23.5 Å². The average molecular weight is 712 g/mol. The molecule has 2 aromatic heterocycles. The molecule has 4 aromatic rings. The third kappa shape index (κ3) is 6.53. The maximum absolute atomic E-state index is 13.5. The van der Waals surface area contributed by atoms with Crippen LogP contribution in [-0.4, -0.2) is 85.8 Å². The monoisotopic (exact) mass is 711 g/mol. The van der Waals surface area contributed by atoms with Gasteiger partial charge in [-0.2, -0.15) is 0 Å². The molecule has 2 N–H and O–H groups in total. The first-order valence-electron chi connectivity index (χ1n) is 17.7. The molecule has 6 rings (SSSR count). The molecule has 50 heavy (non-hydrogen) atoms. The Bertz CT molecular complexity index is 1910. The predicted molar refractivity (Wildman–Crippen MR) is 206 cm³/mol. The van der Waals surface area contributed by atoms with E-state index < -0.39 is 9.74 Å². The number of H-pyrrole nitrogens is 2. The van der Waals surface area contributed by atoms with Crippen molar-refractivity contribution in [2.75, 3.05) is 39.2 Å². The summed E-state index contributed by atoms with van der Waals surface area (Å²) in [5.74, 6) is 8.73. The van der Waals surface area contributed by atoms with Crippen molar-refractivity contribution in [2.45, 2.75) is 69.5 Å². The van der Waals surface area contributed by atoms with Gasteiger partial charge in [0.15, 0.2) is 0 Å². The molecule has 2 fully saturated rings. The molecule has 0 radical (unpaired) electrons. The normalized spacial score (nSPS) is 21.1. The van der Waals surface area contributed by atoms with Crippen LogP contribution in [0, 0.1) is 23.7 Å². The van der Waals surface area contributed by atoms with Crippen molar-refractivity contribution in [2.24, 2.45) is 11.8 Å². The Kier molecular flexibility index (Phi) is 10.6. The molecule has 3 unspecified atom stereocenters. The van der Waals surface area contributed by atoms with Gasteiger partial charge in [0.05, 0.1) is 22.9 Å². The van der Waals surface area contributed by atoms with Crippen LogP contribution in [0.5, 0.6) is 0 Å². The zero-order chi connectivity index (χ0) is 35.6. The maximum atomic E-state index is 13.5. The molecular formula is C39H49N7O2S2.